The lowest BCUT2D eigenvalue weighted by Gasteiger charge is -2.28. The number of benzene rings is 1. The molecular formula is C16H21NOS. The van der Waals surface area contributed by atoms with Gasteiger partial charge in [0.05, 0.1) is 6.61 Å². The van der Waals surface area contributed by atoms with E-state index in [1.54, 1.807) is 0 Å². The first-order chi connectivity index (χ1) is 9.38. The van der Waals surface area contributed by atoms with Gasteiger partial charge in [-0.3, -0.25) is 4.90 Å². The maximum atomic E-state index is 9.59. The highest BCUT2D eigenvalue weighted by Gasteiger charge is 2.21. The summed E-state index contributed by atoms with van der Waals surface area (Å²) in [6.07, 6.45) is 4.96. The largest absolute Gasteiger partial charge is 0.395 e. The number of fused-ring (bicyclic) bond motifs is 1. The fourth-order valence-electron chi connectivity index (χ4n) is 3.03. The standard InChI is InChI=1S/C16H21NOS/c18-11-14-6-2-1-5-9-17(14)10-13-12-19-16-8-4-3-7-15(13)16/h3-4,7-8,12,14,18H,1-2,5-6,9-11H2. The summed E-state index contributed by atoms with van der Waals surface area (Å²) in [5.74, 6) is 0. The average Bonchev–Trinajstić information content (AvgIpc) is 2.71. The lowest BCUT2D eigenvalue weighted by molar-refractivity contribution is 0.119. The van der Waals surface area contributed by atoms with Crippen LogP contribution in [0.5, 0.6) is 0 Å². The molecule has 19 heavy (non-hydrogen) atoms. The van der Waals surface area contributed by atoms with Crippen LogP contribution < -0.4 is 0 Å². The molecule has 1 aromatic carbocycles. The van der Waals surface area contributed by atoms with Crippen LogP contribution in [0.4, 0.5) is 0 Å². The van der Waals surface area contributed by atoms with Gasteiger partial charge in [-0.05, 0) is 41.8 Å². The van der Waals surface area contributed by atoms with Crippen LogP contribution in [-0.2, 0) is 6.54 Å². The summed E-state index contributed by atoms with van der Waals surface area (Å²) in [5.41, 5.74) is 1.42. The lowest BCUT2D eigenvalue weighted by atomic mass is 10.1. The monoisotopic (exact) mass is 275 g/mol. The SMILES string of the molecule is OCC1CCCCCN1Cc1csc2ccccc12. The van der Waals surface area contributed by atoms with E-state index in [1.165, 1.54) is 34.9 Å². The van der Waals surface area contributed by atoms with Crippen molar-refractivity contribution in [2.24, 2.45) is 0 Å². The van der Waals surface area contributed by atoms with E-state index in [9.17, 15) is 5.11 Å². The molecule has 1 unspecified atom stereocenters. The molecule has 3 rings (SSSR count). The van der Waals surface area contributed by atoms with E-state index in [0.717, 1.165) is 19.5 Å². The first-order valence-electron chi connectivity index (χ1n) is 7.18. The number of nitrogens with zero attached hydrogens (tertiary/aromatic N) is 1. The van der Waals surface area contributed by atoms with Crippen molar-refractivity contribution in [3.63, 3.8) is 0 Å². The first kappa shape index (κ1) is 13.1. The smallest absolute Gasteiger partial charge is 0.0586 e. The highest BCUT2D eigenvalue weighted by molar-refractivity contribution is 7.17. The third-order valence-corrected chi connectivity index (χ3v) is 5.16. The van der Waals surface area contributed by atoms with Gasteiger partial charge in [0.25, 0.3) is 0 Å². The Bertz CT molecular complexity index is 536. The van der Waals surface area contributed by atoms with E-state index in [2.05, 4.69) is 34.5 Å². The molecule has 0 radical (unpaired) electrons. The van der Waals surface area contributed by atoms with E-state index in [1.807, 2.05) is 11.3 Å². The second-order valence-corrected chi connectivity index (χ2v) is 6.32. The number of hydrogen-bond donors (Lipinski definition) is 1. The van der Waals surface area contributed by atoms with Crippen LogP contribution in [0.3, 0.4) is 0 Å². The molecule has 2 heterocycles. The van der Waals surface area contributed by atoms with Crippen LogP contribution in [0.1, 0.15) is 31.2 Å². The van der Waals surface area contributed by atoms with Gasteiger partial charge in [-0.2, -0.15) is 0 Å². The molecule has 102 valence electrons. The molecule has 1 fully saturated rings. The summed E-state index contributed by atoms with van der Waals surface area (Å²) in [5, 5.41) is 13.3. The van der Waals surface area contributed by atoms with E-state index in [-0.39, 0.29) is 0 Å². The molecular weight excluding hydrogens is 254 g/mol. The van der Waals surface area contributed by atoms with Gasteiger partial charge >= 0.3 is 0 Å². The minimum Gasteiger partial charge on any atom is -0.395 e. The van der Waals surface area contributed by atoms with Crippen molar-refractivity contribution in [3.05, 3.63) is 35.2 Å². The first-order valence-corrected chi connectivity index (χ1v) is 8.06. The number of aliphatic hydroxyl groups excluding tert-OH is 1. The van der Waals surface area contributed by atoms with Crippen LogP contribution >= 0.6 is 11.3 Å². The molecule has 0 saturated carbocycles. The molecule has 0 bridgehead atoms. The number of rotatable bonds is 3. The van der Waals surface area contributed by atoms with Crippen molar-refractivity contribution in [1.82, 2.24) is 4.90 Å². The van der Waals surface area contributed by atoms with E-state index in [0.29, 0.717) is 12.6 Å². The summed E-state index contributed by atoms with van der Waals surface area (Å²) < 4.78 is 1.37. The molecule has 1 atom stereocenters. The van der Waals surface area contributed by atoms with Gasteiger partial charge in [-0.1, -0.05) is 31.0 Å². The second-order valence-electron chi connectivity index (χ2n) is 5.41. The predicted octanol–water partition coefficient (Wildman–Crippen LogP) is 3.64. The van der Waals surface area contributed by atoms with E-state index in [4.69, 9.17) is 0 Å². The summed E-state index contributed by atoms with van der Waals surface area (Å²) in [4.78, 5) is 2.47. The fourth-order valence-corrected chi connectivity index (χ4v) is 3.98. The van der Waals surface area contributed by atoms with Crippen LogP contribution in [0, 0.1) is 0 Å². The molecule has 2 nitrogen and oxygen atoms in total. The summed E-state index contributed by atoms with van der Waals surface area (Å²) in [6.45, 7) is 2.40. The van der Waals surface area contributed by atoms with Crippen LogP contribution in [0.15, 0.2) is 29.6 Å². The van der Waals surface area contributed by atoms with Crippen molar-refractivity contribution >= 4 is 21.4 Å². The third-order valence-electron chi connectivity index (χ3n) is 4.14. The molecule has 0 spiro atoms. The normalized spacial score (nSPS) is 21.6. The molecule has 1 aliphatic heterocycles. The summed E-state index contributed by atoms with van der Waals surface area (Å²) >= 11 is 1.83. The Morgan fingerprint density at radius 1 is 1.21 bits per heavy atom. The number of likely N-dealkylation sites (tertiary alicyclic amines) is 1. The van der Waals surface area contributed by atoms with Gasteiger partial charge in [0.1, 0.15) is 0 Å². The Kier molecular flexibility index (Phi) is 4.16. The van der Waals surface area contributed by atoms with Gasteiger partial charge < -0.3 is 5.11 Å². The summed E-state index contributed by atoms with van der Waals surface area (Å²) in [6, 6.07) is 8.97. The second kappa shape index (κ2) is 6.04. The van der Waals surface area contributed by atoms with Gasteiger partial charge in [0, 0.05) is 17.3 Å². The van der Waals surface area contributed by atoms with Crippen LogP contribution in [-0.4, -0.2) is 29.2 Å². The summed E-state index contributed by atoms with van der Waals surface area (Å²) in [7, 11) is 0. The average molecular weight is 275 g/mol. The number of hydrogen-bond acceptors (Lipinski definition) is 3. The van der Waals surface area contributed by atoms with Crippen LogP contribution in [0.25, 0.3) is 10.1 Å². The predicted molar refractivity (Wildman–Crippen MR) is 81.6 cm³/mol. The maximum Gasteiger partial charge on any atom is 0.0586 e. The minimum atomic E-state index is 0.294. The lowest BCUT2D eigenvalue weighted by Crippen LogP contribution is -2.36. The highest BCUT2D eigenvalue weighted by Crippen LogP contribution is 2.28. The van der Waals surface area contributed by atoms with Crippen molar-refractivity contribution in [1.29, 1.82) is 0 Å². The molecule has 3 heteroatoms. The maximum absolute atomic E-state index is 9.59. The zero-order chi connectivity index (χ0) is 13.1. The van der Waals surface area contributed by atoms with Gasteiger partial charge in [-0.25, -0.2) is 0 Å². The zero-order valence-electron chi connectivity index (χ0n) is 11.2. The molecule has 1 N–H and O–H groups in total. The van der Waals surface area contributed by atoms with Crippen molar-refractivity contribution < 1.29 is 5.11 Å². The number of thiophene rings is 1. The molecule has 0 amide bonds. The Morgan fingerprint density at radius 3 is 3.00 bits per heavy atom. The van der Waals surface area contributed by atoms with E-state index >= 15 is 0 Å². The quantitative estimate of drug-likeness (QED) is 0.924. The Balaban J connectivity index is 1.82. The topological polar surface area (TPSA) is 23.5 Å². The van der Waals surface area contributed by atoms with Crippen molar-refractivity contribution in [3.8, 4) is 0 Å². The molecule has 1 aliphatic rings. The number of aliphatic hydroxyl groups is 1. The van der Waals surface area contributed by atoms with Crippen molar-refractivity contribution in [2.45, 2.75) is 38.3 Å². The zero-order valence-corrected chi connectivity index (χ0v) is 12.0. The minimum absolute atomic E-state index is 0.294. The highest BCUT2D eigenvalue weighted by atomic mass is 32.1. The Morgan fingerprint density at radius 2 is 2.11 bits per heavy atom. The molecule has 0 aliphatic carbocycles. The molecule has 2 aromatic rings. The Hall–Kier alpha value is -0.900. The third kappa shape index (κ3) is 2.83. The van der Waals surface area contributed by atoms with Crippen molar-refractivity contribution in [2.75, 3.05) is 13.2 Å². The Labute approximate surface area is 118 Å². The fraction of sp³-hybridized carbons (Fsp3) is 0.500. The van der Waals surface area contributed by atoms with Crippen LogP contribution in [0.2, 0.25) is 0 Å². The molecule has 1 saturated heterocycles. The van der Waals surface area contributed by atoms with Gasteiger partial charge in [0.15, 0.2) is 0 Å². The van der Waals surface area contributed by atoms with E-state index < -0.39 is 0 Å². The van der Waals surface area contributed by atoms with Gasteiger partial charge in [-0.15, -0.1) is 11.3 Å². The molecule has 1 aromatic heterocycles. The van der Waals surface area contributed by atoms with Gasteiger partial charge in [0.2, 0.25) is 0 Å².